The maximum atomic E-state index is 13.4. The Kier molecular flexibility index (Phi) is 6.72. The van der Waals surface area contributed by atoms with Crippen molar-refractivity contribution in [3.05, 3.63) is 29.6 Å². The first kappa shape index (κ1) is 18.5. The molecule has 1 aliphatic heterocycles. The summed E-state index contributed by atoms with van der Waals surface area (Å²) in [5, 5.41) is 0. The molecule has 1 aromatic rings. The van der Waals surface area contributed by atoms with Gasteiger partial charge in [-0.25, -0.2) is 4.39 Å². The van der Waals surface area contributed by atoms with Gasteiger partial charge in [-0.15, -0.1) is 24.8 Å². The van der Waals surface area contributed by atoms with Gasteiger partial charge in [0.25, 0.3) is 0 Å². The van der Waals surface area contributed by atoms with E-state index in [0.29, 0.717) is 17.7 Å². The van der Waals surface area contributed by atoms with Gasteiger partial charge in [-0.2, -0.15) is 0 Å². The fourth-order valence-corrected chi connectivity index (χ4v) is 3.15. The van der Waals surface area contributed by atoms with Crippen molar-refractivity contribution in [1.82, 2.24) is 4.90 Å². The highest BCUT2D eigenvalue weighted by Gasteiger charge is 2.40. The Morgan fingerprint density at radius 3 is 2.62 bits per heavy atom. The summed E-state index contributed by atoms with van der Waals surface area (Å²) in [5.74, 6) is 1.52. The number of hydrogen-bond acceptors (Lipinski definition) is 3. The normalized spacial score (nSPS) is 25.1. The lowest BCUT2D eigenvalue weighted by Crippen LogP contribution is -2.30. The van der Waals surface area contributed by atoms with Crippen LogP contribution < -0.4 is 10.5 Å². The van der Waals surface area contributed by atoms with Crippen LogP contribution >= 0.6 is 24.8 Å². The molecule has 2 N–H and O–H groups in total. The zero-order valence-corrected chi connectivity index (χ0v) is 13.8. The van der Waals surface area contributed by atoms with E-state index in [1.165, 1.54) is 26.0 Å². The van der Waals surface area contributed by atoms with Crippen molar-refractivity contribution >= 4 is 24.8 Å². The summed E-state index contributed by atoms with van der Waals surface area (Å²) >= 11 is 0. The highest BCUT2D eigenvalue weighted by molar-refractivity contribution is 5.85. The molecule has 0 radical (unpaired) electrons. The van der Waals surface area contributed by atoms with Gasteiger partial charge in [0.05, 0.1) is 7.11 Å². The minimum absolute atomic E-state index is 0. The Bertz CT molecular complexity index is 471. The number of nitrogens with zero attached hydrogens (tertiary/aromatic N) is 1. The quantitative estimate of drug-likeness (QED) is 0.918. The molecule has 0 bridgehead atoms. The first-order valence-corrected chi connectivity index (χ1v) is 6.97. The lowest BCUT2D eigenvalue weighted by atomic mass is 9.99. The van der Waals surface area contributed by atoms with E-state index >= 15 is 0 Å². The lowest BCUT2D eigenvalue weighted by Gasteiger charge is -2.16. The monoisotopic (exact) mass is 336 g/mol. The molecule has 6 heteroatoms. The molecular formula is C15H23Cl2FN2O. The number of likely N-dealkylation sites (tertiary alicyclic amines) is 1. The van der Waals surface area contributed by atoms with Gasteiger partial charge in [-0.3, -0.25) is 4.90 Å². The third-order valence-electron chi connectivity index (χ3n) is 4.34. The number of methoxy groups -OCH3 is 1. The molecule has 1 saturated heterocycles. The summed E-state index contributed by atoms with van der Waals surface area (Å²) in [6.07, 6.45) is 2.69. The summed E-state index contributed by atoms with van der Waals surface area (Å²) in [4.78, 5) is 2.38. The van der Waals surface area contributed by atoms with Crippen molar-refractivity contribution < 1.29 is 9.13 Å². The highest BCUT2D eigenvalue weighted by Crippen LogP contribution is 2.41. The van der Waals surface area contributed by atoms with Crippen LogP contribution in [0, 0.1) is 17.7 Å². The van der Waals surface area contributed by atoms with Gasteiger partial charge >= 0.3 is 0 Å². The van der Waals surface area contributed by atoms with Crippen molar-refractivity contribution in [2.24, 2.45) is 17.6 Å². The third-order valence-corrected chi connectivity index (χ3v) is 4.34. The van der Waals surface area contributed by atoms with Crippen LogP contribution in [0.2, 0.25) is 0 Å². The van der Waals surface area contributed by atoms with Crippen LogP contribution in [0.3, 0.4) is 0 Å². The van der Waals surface area contributed by atoms with Gasteiger partial charge in [0, 0.05) is 25.7 Å². The molecule has 0 spiro atoms. The summed E-state index contributed by atoms with van der Waals surface area (Å²) in [6, 6.07) is 5.39. The van der Waals surface area contributed by atoms with Gasteiger partial charge in [0.1, 0.15) is 0 Å². The predicted octanol–water partition coefficient (Wildman–Crippen LogP) is 2.85. The third kappa shape index (κ3) is 4.22. The second-order valence-electron chi connectivity index (χ2n) is 5.83. The maximum absolute atomic E-state index is 13.4. The van der Waals surface area contributed by atoms with Crippen molar-refractivity contribution in [3.63, 3.8) is 0 Å². The van der Waals surface area contributed by atoms with Gasteiger partial charge in [0.15, 0.2) is 11.6 Å². The van der Waals surface area contributed by atoms with Crippen LogP contribution in [0.1, 0.15) is 18.4 Å². The van der Waals surface area contributed by atoms with Gasteiger partial charge < -0.3 is 10.5 Å². The smallest absolute Gasteiger partial charge is 0.165 e. The van der Waals surface area contributed by atoms with Crippen LogP contribution in [-0.2, 0) is 6.54 Å². The second-order valence-corrected chi connectivity index (χ2v) is 5.83. The number of benzene rings is 1. The molecule has 0 amide bonds. The van der Waals surface area contributed by atoms with Crippen molar-refractivity contribution in [3.8, 4) is 5.75 Å². The highest BCUT2D eigenvalue weighted by atomic mass is 35.5. The largest absolute Gasteiger partial charge is 0.494 e. The molecule has 2 aliphatic rings. The topological polar surface area (TPSA) is 38.5 Å². The molecule has 2 fully saturated rings. The Morgan fingerprint density at radius 1 is 1.29 bits per heavy atom. The van der Waals surface area contributed by atoms with Gasteiger partial charge in [0.2, 0.25) is 0 Å². The van der Waals surface area contributed by atoms with Crippen LogP contribution in [0.25, 0.3) is 0 Å². The Balaban J connectivity index is 0.00000110. The molecule has 120 valence electrons. The molecule has 1 aliphatic carbocycles. The minimum Gasteiger partial charge on any atom is -0.494 e. The minimum atomic E-state index is -0.305. The average molecular weight is 337 g/mol. The van der Waals surface area contributed by atoms with Gasteiger partial charge in [-0.05, 0) is 42.4 Å². The average Bonchev–Trinajstić information content (AvgIpc) is 3.17. The van der Waals surface area contributed by atoms with Crippen molar-refractivity contribution in [2.75, 3.05) is 20.2 Å². The Labute approximate surface area is 137 Å². The van der Waals surface area contributed by atoms with E-state index in [0.717, 1.165) is 31.1 Å². The molecule has 21 heavy (non-hydrogen) atoms. The van der Waals surface area contributed by atoms with Gasteiger partial charge in [-0.1, -0.05) is 6.07 Å². The molecule has 0 aromatic heterocycles. The predicted molar refractivity (Wildman–Crippen MR) is 86.9 cm³/mol. The molecule has 2 atom stereocenters. The Morgan fingerprint density at radius 2 is 2.00 bits per heavy atom. The van der Waals surface area contributed by atoms with Crippen LogP contribution in [0.5, 0.6) is 5.75 Å². The number of ether oxygens (including phenoxy) is 1. The fourth-order valence-electron chi connectivity index (χ4n) is 3.15. The van der Waals surface area contributed by atoms with Crippen molar-refractivity contribution in [2.45, 2.75) is 25.4 Å². The molecule has 1 aromatic carbocycles. The fraction of sp³-hybridized carbons (Fsp3) is 0.600. The van der Waals surface area contributed by atoms with E-state index in [4.69, 9.17) is 10.5 Å². The number of nitrogens with two attached hydrogens (primary N) is 1. The zero-order chi connectivity index (χ0) is 13.4. The molecule has 3 nitrogen and oxygen atoms in total. The summed E-state index contributed by atoms with van der Waals surface area (Å²) in [7, 11) is 1.50. The van der Waals surface area contributed by atoms with E-state index in [9.17, 15) is 4.39 Å². The van der Waals surface area contributed by atoms with E-state index in [1.807, 2.05) is 6.07 Å². The first-order chi connectivity index (χ1) is 9.17. The molecule has 1 saturated carbocycles. The number of hydrogen-bond donors (Lipinski definition) is 1. The Hall–Kier alpha value is -0.550. The van der Waals surface area contributed by atoms with E-state index in [1.54, 1.807) is 6.07 Å². The molecule has 3 rings (SSSR count). The maximum Gasteiger partial charge on any atom is 0.165 e. The summed E-state index contributed by atoms with van der Waals surface area (Å²) in [6.45, 7) is 2.85. The lowest BCUT2D eigenvalue weighted by molar-refractivity contribution is 0.308. The number of halogens is 3. The summed E-state index contributed by atoms with van der Waals surface area (Å²) in [5.41, 5.74) is 7.30. The number of rotatable bonds is 4. The van der Waals surface area contributed by atoms with Crippen LogP contribution in [-0.4, -0.2) is 31.1 Å². The SMILES string of the molecule is COc1cc(CN2C[C@H](C3CC3)[C@@H](N)C2)ccc1F.Cl.Cl. The summed E-state index contributed by atoms with van der Waals surface area (Å²) < 4.78 is 18.4. The van der Waals surface area contributed by atoms with E-state index in [-0.39, 0.29) is 30.6 Å². The molecule has 1 heterocycles. The van der Waals surface area contributed by atoms with Crippen LogP contribution in [0.4, 0.5) is 4.39 Å². The van der Waals surface area contributed by atoms with Crippen LogP contribution in [0.15, 0.2) is 18.2 Å². The zero-order valence-electron chi connectivity index (χ0n) is 12.1. The second kappa shape index (κ2) is 7.63. The molecular weight excluding hydrogens is 314 g/mol. The standard InChI is InChI=1S/C15H21FN2O.2ClH/c1-19-15-6-10(2-5-13(15)16)7-18-8-12(11-3-4-11)14(17)9-18;;/h2,5-6,11-12,14H,3-4,7-9,17H2,1H3;2*1H/t12-,14+;;/m1../s1. The first-order valence-electron chi connectivity index (χ1n) is 6.97. The van der Waals surface area contributed by atoms with E-state index in [2.05, 4.69) is 4.90 Å². The molecule has 0 unspecified atom stereocenters. The van der Waals surface area contributed by atoms with Crippen molar-refractivity contribution in [1.29, 1.82) is 0 Å². The van der Waals surface area contributed by atoms with E-state index < -0.39 is 0 Å².